The Morgan fingerprint density at radius 3 is 2.90 bits per heavy atom. The fourth-order valence-corrected chi connectivity index (χ4v) is 2.53. The maximum Gasteiger partial charge on any atom is 0.407 e. The maximum absolute atomic E-state index is 11.1. The molecule has 0 spiro atoms. The van der Waals surface area contributed by atoms with Crippen LogP contribution in [0.4, 0.5) is 4.79 Å². The van der Waals surface area contributed by atoms with Crippen molar-refractivity contribution in [2.75, 3.05) is 6.54 Å². The van der Waals surface area contributed by atoms with Crippen molar-refractivity contribution in [1.82, 2.24) is 15.1 Å². The normalized spacial score (nSPS) is 18.4. The number of rotatable bonds is 3. The zero-order valence-corrected chi connectivity index (χ0v) is 10.9. The number of amides is 1. The third kappa shape index (κ3) is 2.49. The van der Waals surface area contributed by atoms with Crippen LogP contribution in [0.15, 0.2) is 34.7 Å². The fraction of sp³-hybridized carbons (Fsp3) is 0.357. The molecule has 1 N–H and O–H groups in total. The number of aromatic nitrogens is 2. The molecule has 2 aromatic rings. The van der Waals surface area contributed by atoms with Crippen molar-refractivity contribution < 1.29 is 14.3 Å². The molecule has 0 aliphatic carbocycles. The van der Waals surface area contributed by atoms with Gasteiger partial charge in [-0.3, -0.25) is 0 Å². The quantitative estimate of drug-likeness (QED) is 0.929. The van der Waals surface area contributed by atoms with Gasteiger partial charge in [0.25, 0.3) is 0 Å². The molecular formula is C14H15N3O3. The molecule has 0 saturated carbocycles. The maximum atomic E-state index is 11.1. The lowest BCUT2D eigenvalue weighted by Crippen LogP contribution is -2.35. The lowest BCUT2D eigenvalue weighted by atomic mass is 10.1. The van der Waals surface area contributed by atoms with Crippen molar-refractivity contribution >= 4 is 6.09 Å². The Hall–Kier alpha value is -2.37. The number of nitrogens with zero attached hydrogens (tertiary/aromatic N) is 3. The Morgan fingerprint density at radius 1 is 1.35 bits per heavy atom. The molecule has 3 rings (SSSR count). The second kappa shape index (κ2) is 5.32. The Labute approximate surface area is 116 Å². The van der Waals surface area contributed by atoms with Crippen LogP contribution in [0.3, 0.4) is 0 Å². The molecule has 0 bridgehead atoms. The van der Waals surface area contributed by atoms with Crippen LogP contribution in [-0.2, 0) is 6.42 Å². The number of carbonyl (C=O) groups is 1. The highest BCUT2D eigenvalue weighted by Gasteiger charge is 2.30. The second-order valence-electron chi connectivity index (χ2n) is 4.84. The Morgan fingerprint density at radius 2 is 2.15 bits per heavy atom. The average Bonchev–Trinajstić information content (AvgIpc) is 3.09. The Balaban J connectivity index is 1.73. The summed E-state index contributed by atoms with van der Waals surface area (Å²) in [5.41, 5.74) is 0.868. The lowest BCUT2D eigenvalue weighted by molar-refractivity contribution is 0.138. The minimum absolute atomic E-state index is 0.0587. The van der Waals surface area contributed by atoms with Gasteiger partial charge >= 0.3 is 6.09 Å². The first kappa shape index (κ1) is 12.7. The summed E-state index contributed by atoms with van der Waals surface area (Å²) in [7, 11) is 0. The van der Waals surface area contributed by atoms with Gasteiger partial charge in [-0.25, -0.2) is 4.79 Å². The van der Waals surface area contributed by atoms with Crippen molar-refractivity contribution in [2.45, 2.75) is 25.3 Å². The molecule has 1 fully saturated rings. The monoisotopic (exact) mass is 273 g/mol. The fourth-order valence-electron chi connectivity index (χ4n) is 2.53. The molecule has 1 aromatic heterocycles. The minimum atomic E-state index is -0.879. The van der Waals surface area contributed by atoms with Crippen LogP contribution >= 0.6 is 0 Å². The summed E-state index contributed by atoms with van der Waals surface area (Å²) in [6.07, 6.45) is 1.33. The molecule has 1 aliphatic rings. The lowest BCUT2D eigenvalue weighted by Gasteiger charge is -2.19. The third-order valence-electron chi connectivity index (χ3n) is 3.52. The number of hydrogen-bond acceptors (Lipinski definition) is 4. The second-order valence-corrected chi connectivity index (χ2v) is 4.84. The van der Waals surface area contributed by atoms with Gasteiger partial charge in [-0.05, 0) is 25.0 Å². The van der Waals surface area contributed by atoms with Crippen molar-refractivity contribution in [2.24, 2.45) is 0 Å². The molecule has 1 amide bonds. The predicted octanol–water partition coefficient (Wildman–Crippen LogP) is 2.42. The molecule has 6 nitrogen and oxygen atoms in total. The van der Waals surface area contributed by atoms with E-state index in [0.717, 1.165) is 18.4 Å². The van der Waals surface area contributed by atoms with Crippen molar-refractivity contribution in [3.05, 3.63) is 36.2 Å². The first-order valence-corrected chi connectivity index (χ1v) is 6.61. The van der Waals surface area contributed by atoms with Gasteiger partial charge < -0.3 is 14.4 Å². The van der Waals surface area contributed by atoms with Crippen molar-refractivity contribution in [3.8, 4) is 11.5 Å². The average molecular weight is 273 g/mol. The molecule has 0 unspecified atom stereocenters. The molecule has 1 atom stereocenters. The third-order valence-corrected chi connectivity index (χ3v) is 3.52. The van der Waals surface area contributed by atoms with Crippen LogP contribution in [0, 0.1) is 0 Å². The molecule has 0 radical (unpaired) electrons. The number of carboxylic acid groups (broad SMARTS) is 1. The van der Waals surface area contributed by atoms with Crippen LogP contribution in [0.25, 0.3) is 11.5 Å². The van der Waals surface area contributed by atoms with Crippen LogP contribution in [0.5, 0.6) is 0 Å². The van der Waals surface area contributed by atoms with E-state index in [0.29, 0.717) is 24.7 Å². The van der Waals surface area contributed by atoms with E-state index in [1.165, 1.54) is 4.90 Å². The van der Waals surface area contributed by atoms with Crippen molar-refractivity contribution in [1.29, 1.82) is 0 Å². The van der Waals surface area contributed by atoms with E-state index in [9.17, 15) is 4.79 Å². The topological polar surface area (TPSA) is 79.5 Å². The first-order valence-electron chi connectivity index (χ1n) is 6.61. The van der Waals surface area contributed by atoms with Gasteiger partial charge in [0.2, 0.25) is 11.8 Å². The highest BCUT2D eigenvalue weighted by molar-refractivity contribution is 5.65. The van der Waals surface area contributed by atoms with Gasteiger partial charge in [0.15, 0.2) is 0 Å². The zero-order chi connectivity index (χ0) is 13.9. The van der Waals surface area contributed by atoms with Gasteiger partial charge in [0, 0.05) is 24.6 Å². The van der Waals surface area contributed by atoms with Gasteiger partial charge in [-0.2, -0.15) is 0 Å². The van der Waals surface area contributed by atoms with Crippen LogP contribution in [0.2, 0.25) is 0 Å². The number of hydrogen-bond donors (Lipinski definition) is 1. The zero-order valence-electron chi connectivity index (χ0n) is 10.9. The summed E-state index contributed by atoms with van der Waals surface area (Å²) in [6, 6.07) is 9.47. The summed E-state index contributed by atoms with van der Waals surface area (Å²) in [6.45, 7) is 0.583. The summed E-state index contributed by atoms with van der Waals surface area (Å²) in [5.74, 6) is 0.961. The van der Waals surface area contributed by atoms with Crippen LogP contribution in [-0.4, -0.2) is 38.9 Å². The standard InChI is InChI=1S/C14H15N3O3/c18-14(19)17-8-4-7-11(17)9-12-15-16-13(20-12)10-5-2-1-3-6-10/h1-3,5-6,11H,4,7-9H2,(H,18,19)/t11-/m0/s1. The summed E-state index contributed by atoms with van der Waals surface area (Å²) in [4.78, 5) is 12.5. The van der Waals surface area contributed by atoms with E-state index in [4.69, 9.17) is 9.52 Å². The van der Waals surface area contributed by atoms with Crippen LogP contribution in [0.1, 0.15) is 18.7 Å². The highest BCUT2D eigenvalue weighted by atomic mass is 16.4. The van der Waals surface area contributed by atoms with E-state index in [-0.39, 0.29) is 6.04 Å². The molecule has 6 heteroatoms. The van der Waals surface area contributed by atoms with E-state index in [2.05, 4.69) is 10.2 Å². The van der Waals surface area contributed by atoms with E-state index in [1.54, 1.807) is 0 Å². The van der Waals surface area contributed by atoms with Crippen LogP contribution < -0.4 is 0 Å². The summed E-state index contributed by atoms with van der Waals surface area (Å²) < 4.78 is 5.62. The number of benzene rings is 1. The minimum Gasteiger partial charge on any atom is -0.465 e. The smallest absolute Gasteiger partial charge is 0.407 e. The molecular weight excluding hydrogens is 258 g/mol. The molecule has 20 heavy (non-hydrogen) atoms. The number of likely N-dealkylation sites (tertiary alicyclic amines) is 1. The largest absolute Gasteiger partial charge is 0.465 e. The van der Waals surface area contributed by atoms with E-state index < -0.39 is 6.09 Å². The van der Waals surface area contributed by atoms with Gasteiger partial charge in [0.1, 0.15) is 0 Å². The Kier molecular flexibility index (Phi) is 3.37. The first-order chi connectivity index (χ1) is 9.74. The van der Waals surface area contributed by atoms with Gasteiger partial charge in [0.05, 0.1) is 0 Å². The summed E-state index contributed by atoms with van der Waals surface area (Å²) in [5, 5.41) is 17.1. The van der Waals surface area contributed by atoms with E-state index in [1.807, 2.05) is 30.3 Å². The molecule has 104 valence electrons. The molecule has 1 aromatic carbocycles. The van der Waals surface area contributed by atoms with Gasteiger partial charge in [-0.15, -0.1) is 10.2 Å². The predicted molar refractivity (Wildman–Crippen MR) is 71.2 cm³/mol. The van der Waals surface area contributed by atoms with Crippen molar-refractivity contribution in [3.63, 3.8) is 0 Å². The van der Waals surface area contributed by atoms with E-state index >= 15 is 0 Å². The van der Waals surface area contributed by atoms with Gasteiger partial charge in [-0.1, -0.05) is 18.2 Å². The molecule has 1 saturated heterocycles. The molecule has 2 heterocycles. The SMILES string of the molecule is O=C(O)N1CCC[C@H]1Cc1nnc(-c2ccccc2)o1. The molecule has 1 aliphatic heterocycles. The highest BCUT2D eigenvalue weighted by Crippen LogP contribution is 2.23. The summed E-state index contributed by atoms with van der Waals surface area (Å²) >= 11 is 0. The Bertz CT molecular complexity index is 597.